The lowest BCUT2D eigenvalue weighted by molar-refractivity contribution is 0.790. The molecule has 0 saturated carbocycles. The molecule has 0 aromatic rings. The molecule has 0 spiro atoms. The maximum absolute atomic E-state index is 5.93. The van der Waals surface area contributed by atoms with Gasteiger partial charge in [0.25, 0.3) is 0 Å². The highest BCUT2D eigenvalue weighted by Gasteiger charge is 1.98. The normalized spacial score (nSPS) is 14.6. The van der Waals surface area contributed by atoms with Crippen LogP contribution >= 0.6 is 11.6 Å². The predicted molar refractivity (Wildman–Crippen MR) is 62.0 cm³/mol. The average molecular weight is 199 g/mol. The van der Waals surface area contributed by atoms with Gasteiger partial charge >= 0.3 is 0 Å². The monoisotopic (exact) mass is 198 g/mol. The van der Waals surface area contributed by atoms with E-state index in [1.165, 1.54) is 5.57 Å². The van der Waals surface area contributed by atoms with Crippen LogP contribution in [0, 0.1) is 5.92 Å². The minimum atomic E-state index is 0.525. The third kappa shape index (κ3) is 5.70. The molecule has 0 aromatic carbocycles. The summed E-state index contributed by atoms with van der Waals surface area (Å²) in [6.45, 7) is 8.42. The van der Waals surface area contributed by atoms with Crippen molar-refractivity contribution in [3.8, 4) is 0 Å². The third-order valence-corrected chi connectivity index (χ3v) is 2.12. The summed E-state index contributed by atoms with van der Waals surface area (Å²) in [7, 11) is 0. The molecule has 0 nitrogen and oxygen atoms in total. The van der Waals surface area contributed by atoms with Gasteiger partial charge in [-0.05, 0) is 30.9 Å². The quantitative estimate of drug-likeness (QED) is 0.576. The van der Waals surface area contributed by atoms with Crippen LogP contribution in [0.3, 0.4) is 0 Å². The highest BCUT2D eigenvalue weighted by molar-refractivity contribution is 6.31. The van der Waals surface area contributed by atoms with E-state index in [4.69, 9.17) is 11.6 Å². The summed E-state index contributed by atoms with van der Waals surface area (Å²) in [6, 6.07) is 0. The van der Waals surface area contributed by atoms with E-state index in [0.717, 1.165) is 11.5 Å². The van der Waals surface area contributed by atoms with Gasteiger partial charge in [0.15, 0.2) is 0 Å². The molecule has 0 N–H and O–H groups in total. The molecule has 0 fully saturated rings. The molecule has 0 aliphatic rings. The van der Waals surface area contributed by atoms with Crippen molar-refractivity contribution in [1.82, 2.24) is 0 Å². The van der Waals surface area contributed by atoms with Crippen LogP contribution in [0.4, 0.5) is 0 Å². The minimum absolute atomic E-state index is 0.525. The Morgan fingerprint density at radius 1 is 1.38 bits per heavy atom. The first-order valence-electron chi connectivity index (χ1n) is 4.81. The van der Waals surface area contributed by atoms with Gasteiger partial charge < -0.3 is 0 Å². The topological polar surface area (TPSA) is 0 Å². The Balaban J connectivity index is 4.60. The van der Waals surface area contributed by atoms with E-state index in [9.17, 15) is 0 Å². The fourth-order valence-corrected chi connectivity index (χ4v) is 1.03. The minimum Gasteiger partial charge on any atom is -0.0847 e. The van der Waals surface area contributed by atoms with Crippen molar-refractivity contribution in [2.24, 2.45) is 5.92 Å². The SMILES string of the molecule is C\C=C(Cl)/C=C(\C=C\CC)C(C)C. The van der Waals surface area contributed by atoms with Gasteiger partial charge in [0, 0.05) is 5.03 Å². The van der Waals surface area contributed by atoms with E-state index < -0.39 is 0 Å². The molecule has 0 atom stereocenters. The van der Waals surface area contributed by atoms with Crippen LogP contribution in [0.2, 0.25) is 0 Å². The van der Waals surface area contributed by atoms with Crippen LogP contribution in [-0.2, 0) is 0 Å². The van der Waals surface area contributed by atoms with Gasteiger partial charge in [0.1, 0.15) is 0 Å². The van der Waals surface area contributed by atoms with Crippen molar-refractivity contribution in [2.75, 3.05) is 0 Å². The smallest absolute Gasteiger partial charge is 0.0366 e. The lowest BCUT2D eigenvalue weighted by atomic mass is 10.0. The highest BCUT2D eigenvalue weighted by Crippen LogP contribution is 2.16. The molecule has 1 heteroatoms. The lowest BCUT2D eigenvalue weighted by Gasteiger charge is -2.05. The fourth-order valence-electron chi connectivity index (χ4n) is 0.904. The highest BCUT2D eigenvalue weighted by atomic mass is 35.5. The maximum Gasteiger partial charge on any atom is 0.0366 e. The summed E-state index contributed by atoms with van der Waals surface area (Å²) in [5, 5.41) is 0.810. The second-order valence-electron chi connectivity index (χ2n) is 3.28. The Morgan fingerprint density at radius 2 is 2.00 bits per heavy atom. The average Bonchev–Trinajstić information content (AvgIpc) is 2.11. The van der Waals surface area contributed by atoms with E-state index in [0.29, 0.717) is 5.92 Å². The molecular formula is C12H19Cl. The first kappa shape index (κ1) is 12.5. The van der Waals surface area contributed by atoms with Crippen LogP contribution in [0.25, 0.3) is 0 Å². The van der Waals surface area contributed by atoms with Crippen LogP contribution in [0.15, 0.2) is 34.9 Å². The molecule has 0 heterocycles. The number of halogens is 1. The molecule has 0 amide bonds. The number of hydrogen-bond acceptors (Lipinski definition) is 0. The van der Waals surface area contributed by atoms with E-state index in [2.05, 4.69) is 32.9 Å². The molecule has 0 aliphatic heterocycles. The first-order chi connectivity index (χ1) is 6.11. The second kappa shape index (κ2) is 6.97. The standard InChI is InChI=1S/C12H19Cl/c1-5-7-8-11(10(3)4)9-12(13)6-2/h6-10H,5H2,1-4H3/b8-7+,11-9+,12-6+. The molecule has 0 radical (unpaired) electrons. The summed E-state index contributed by atoms with van der Waals surface area (Å²) >= 11 is 5.93. The molecule has 0 unspecified atom stereocenters. The van der Waals surface area contributed by atoms with E-state index in [1.54, 1.807) is 0 Å². The van der Waals surface area contributed by atoms with Gasteiger partial charge in [-0.25, -0.2) is 0 Å². The zero-order valence-corrected chi connectivity index (χ0v) is 9.73. The Kier molecular flexibility index (Phi) is 6.70. The lowest BCUT2D eigenvalue weighted by Crippen LogP contribution is -1.90. The molecular weight excluding hydrogens is 180 g/mol. The molecule has 0 saturated heterocycles. The van der Waals surface area contributed by atoms with Crippen LogP contribution in [0.1, 0.15) is 34.1 Å². The molecule has 13 heavy (non-hydrogen) atoms. The second-order valence-corrected chi connectivity index (χ2v) is 3.72. The summed E-state index contributed by atoms with van der Waals surface area (Å²) in [5.41, 5.74) is 1.28. The first-order valence-corrected chi connectivity index (χ1v) is 5.19. The zero-order valence-electron chi connectivity index (χ0n) is 8.97. The van der Waals surface area contributed by atoms with Crippen LogP contribution < -0.4 is 0 Å². The predicted octanol–water partition coefficient (Wildman–Crippen LogP) is 4.68. The third-order valence-electron chi connectivity index (χ3n) is 1.79. The van der Waals surface area contributed by atoms with Crippen molar-refractivity contribution in [2.45, 2.75) is 34.1 Å². The Labute approximate surface area is 87.0 Å². The van der Waals surface area contributed by atoms with Gasteiger partial charge in [0.05, 0.1) is 0 Å². The summed E-state index contributed by atoms with van der Waals surface area (Å²) < 4.78 is 0. The number of rotatable bonds is 4. The van der Waals surface area contributed by atoms with Crippen molar-refractivity contribution >= 4 is 11.6 Å². The van der Waals surface area contributed by atoms with Crippen molar-refractivity contribution in [3.05, 3.63) is 34.9 Å². The van der Waals surface area contributed by atoms with Gasteiger partial charge in [-0.15, -0.1) is 0 Å². The molecule has 0 aromatic heterocycles. The van der Waals surface area contributed by atoms with Gasteiger partial charge in [-0.1, -0.05) is 50.6 Å². The van der Waals surface area contributed by atoms with E-state index >= 15 is 0 Å². The summed E-state index contributed by atoms with van der Waals surface area (Å²) in [5.74, 6) is 0.525. The largest absolute Gasteiger partial charge is 0.0847 e. The van der Waals surface area contributed by atoms with Crippen LogP contribution in [-0.4, -0.2) is 0 Å². The number of hydrogen-bond donors (Lipinski definition) is 0. The summed E-state index contributed by atoms with van der Waals surface area (Å²) in [6.07, 6.45) is 9.31. The Morgan fingerprint density at radius 3 is 2.38 bits per heavy atom. The van der Waals surface area contributed by atoms with Crippen molar-refractivity contribution in [3.63, 3.8) is 0 Å². The van der Waals surface area contributed by atoms with Crippen LogP contribution in [0.5, 0.6) is 0 Å². The van der Waals surface area contributed by atoms with Crippen molar-refractivity contribution < 1.29 is 0 Å². The maximum atomic E-state index is 5.93. The zero-order chi connectivity index (χ0) is 10.3. The Hall–Kier alpha value is -0.490. The fraction of sp³-hybridized carbons (Fsp3) is 0.500. The van der Waals surface area contributed by atoms with Gasteiger partial charge in [-0.3, -0.25) is 0 Å². The molecule has 0 aliphatic carbocycles. The molecule has 0 rings (SSSR count). The van der Waals surface area contributed by atoms with Crippen molar-refractivity contribution in [1.29, 1.82) is 0 Å². The van der Waals surface area contributed by atoms with Gasteiger partial charge in [-0.2, -0.15) is 0 Å². The molecule has 74 valence electrons. The van der Waals surface area contributed by atoms with E-state index in [1.807, 2.05) is 19.1 Å². The number of allylic oxidation sites excluding steroid dienone is 6. The van der Waals surface area contributed by atoms with Gasteiger partial charge in [0.2, 0.25) is 0 Å². The van der Waals surface area contributed by atoms with E-state index in [-0.39, 0.29) is 0 Å². The Bertz CT molecular complexity index is 219. The summed E-state index contributed by atoms with van der Waals surface area (Å²) in [4.78, 5) is 0. The molecule has 0 bridgehead atoms.